The van der Waals surface area contributed by atoms with Crippen LogP contribution >= 0.6 is 0 Å². The number of methoxy groups -OCH3 is 1. The Kier molecular flexibility index (Phi) is 5.14. The number of hydrogen-bond donors (Lipinski definition) is 0. The fraction of sp³-hybridized carbons (Fsp3) is 0.333. The Morgan fingerprint density at radius 3 is 2.44 bits per heavy atom. The van der Waals surface area contributed by atoms with Crippen LogP contribution in [-0.4, -0.2) is 21.2 Å². The molecule has 0 spiro atoms. The van der Waals surface area contributed by atoms with E-state index in [1.165, 1.54) is 12.3 Å². The molecule has 0 heterocycles. The Balaban J connectivity index is 3.14. The van der Waals surface area contributed by atoms with E-state index in [9.17, 15) is 4.79 Å². The molecule has 3 heteroatoms. The molecule has 0 N–H and O–H groups in total. The Morgan fingerprint density at radius 1 is 1.33 bits per heavy atom. The Morgan fingerprint density at radius 2 is 1.94 bits per heavy atom. The molecule has 96 valence electrons. The van der Waals surface area contributed by atoms with Crippen molar-refractivity contribution in [3.63, 3.8) is 0 Å². The van der Waals surface area contributed by atoms with E-state index >= 15 is 0 Å². The van der Waals surface area contributed by atoms with Gasteiger partial charge >= 0.3 is 5.97 Å². The van der Waals surface area contributed by atoms with Gasteiger partial charge in [-0.1, -0.05) is 48.6 Å². The highest BCUT2D eigenvalue weighted by Crippen LogP contribution is 2.18. The van der Waals surface area contributed by atoms with Crippen LogP contribution < -0.4 is 5.19 Å². The Hall–Kier alpha value is -1.57. The van der Waals surface area contributed by atoms with E-state index in [0.29, 0.717) is 6.42 Å². The first-order valence-corrected chi connectivity index (χ1v) is 9.05. The van der Waals surface area contributed by atoms with Crippen LogP contribution in [0.1, 0.15) is 13.3 Å². The van der Waals surface area contributed by atoms with Crippen LogP contribution in [0.15, 0.2) is 47.3 Å². The second kappa shape index (κ2) is 6.38. The van der Waals surface area contributed by atoms with E-state index in [0.717, 1.165) is 5.20 Å². The lowest BCUT2D eigenvalue weighted by Gasteiger charge is -2.24. The molecular formula is C15H20O2Si. The van der Waals surface area contributed by atoms with Crippen molar-refractivity contribution in [3.8, 4) is 0 Å². The third-order valence-corrected chi connectivity index (χ3v) is 6.72. The van der Waals surface area contributed by atoms with Gasteiger partial charge in [0.2, 0.25) is 0 Å². The summed E-state index contributed by atoms with van der Waals surface area (Å²) in [6.45, 7) is 6.39. The van der Waals surface area contributed by atoms with Gasteiger partial charge in [0, 0.05) is 0 Å². The minimum absolute atomic E-state index is 0.198. The monoisotopic (exact) mass is 260 g/mol. The van der Waals surface area contributed by atoms with Crippen LogP contribution in [0.25, 0.3) is 0 Å². The molecule has 0 aliphatic rings. The third kappa shape index (κ3) is 3.46. The SMILES string of the molecule is CC=C=C(CC(=O)OC)[Si](C)(C)c1ccccc1. The summed E-state index contributed by atoms with van der Waals surface area (Å²) in [6.07, 6.45) is 2.20. The number of carbonyl (C=O) groups excluding carboxylic acids is 1. The van der Waals surface area contributed by atoms with E-state index in [1.807, 2.05) is 31.2 Å². The van der Waals surface area contributed by atoms with Gasteiger partial charge in [0.1, 0.15) is 8.07 Å². The quantitative estimate of drug-likeness (QED) is 0.473. The van der Waals surface area contributed by atoms with Gasteiger partial charge < -0.3 is 4.74 Å². The van der Waals surface area contributed by atoms with Gasteiger partial charge in [0.25, 0.3) is 0 Å². The molecule has 0 aliphatic heterocycles. The fourth-order valence-corrected chi connectivity index (χ4v) is 4.34. The van der Waals surface area contributed by atoms with Crippen molar-refractivity contribution >= 4 is 19.2 Å². The second-order valence-electron chi connectivity index (χ2n) is 4.66. The second-order valence-corrected chi connectivity index (χ2v) is 9.09. The van der Waals surface area contributed by atoms with Crippen LogP contribution in [0.4, 0.5) is 0 Å². The smallest absolute Gasteiger partial charge is 0.309 e. The first-order chi connectivity index (χ1) is 8.52. The average Bonchev–Trinajstić information content (AvgIpc) is 2.39. The summed E-state index contributed by atoms with van der Waals surface area (Å²) in [5, 5.41) is 2.38. The van der Waals surface area contributed by atoms with Crippen molar-refractivity contribution in [2.45, 2.75) is 26.4 Å². The zero-order valence-corrected chi connectivity index (χ0v) is 12.5. The normalized spacial score (nSPS) is 10.4. The van der Waals surface area contributed by atoms with Gasteiger partial charge in [0.15, 0.2) is 0 Å². The molecule has 0 radical (unpaired) electrons. The average molecular weight is 260 g/mol. The Bertz CT molecular complexity index is 469. The summed E-state index contributed by atoms with van der Waals surface area (Å²) >= 11 is 0. The first kappa shape index (κ1) is 14.5. The molecule has 1 rings (SSSR count). The fourth-order valence-electron chi connectivity index (χ4n) is 1.87. The molecule has 0 amide bonds. The molecule has 0 bridgehead atoms. The van der Waals surface area contributed by atoms with Gasteiger partial charge in [-0.3, -0.25) is 4.79 Å². The van der Waals surface area contributed by atoms with E-state index < -0.39 is 8.07 Å². The van der Waals surface area contributed by atoms with Crippen molar-refractivity contribution in [2.75, 3.05) is 7.11 Å². The van der Waals surface area contributed by atoms with E-state index in [-0.39, 0.29) is 5.97 Å². The summed E-state index contributed by atoms with van der Waals surface area (Å²) < 4.78 is 4.77. The van der Waals surface area contributed by atoms with Crippen LogP contribution in [0.2, 0.25) is 13.1 Å². The molecule has 0 saturated carbocycles. The molecule has 1 aromatic rings. The van der Waals surface area contributed by atoms with Gasteiger partial charge in [0.05, 0.1) is 13.5 Å². The van der Waals surface area contributed by atoms with Crippen molar-refractivity contribution in [1.82, 2.24) is 0 Å². The molecule has 2 nitrogen and oxygen atoms in total. The number of hydrogen-bond acceptors (Lipinski definition) is 2. The number of rotatable bonds is 4. The molecule has 0 atom stereocenters. The zero-order chi connectivity index (χ0) is 13.6. The molecule has 0 aliphatic carbocycles. The Labute approximate surface area is 110 Å². The topological polar surface area (TPSA) is 26.3 Å². The van der Waals surface area contributed by atoms with Crippen LogP contribution in [0.3, 0.4) is 0 Å². The largest absolute Gasteiger partial charge is 0.469 e. The highest BCUT2D eigenvalue weighted by molar-refractivity contribution is 6.95. The predicted molar refractivity (Wildman–Crippen MR) is 77.5 cm³/mol. The minimum atomic E-state index is -1.84. The molecule has 0 aromatic heterocycles. The number of carbonyl (C=O) groups is 1. The molecule has 18 heavy (non-hydrogen) atoms. The summed E-state index contributed by atoms with van der Waals surface area (Å²) in [5.41, 5.74) is 3.24. The highest BCUT2D eigenvalue weighted by atomic mass is 28.3. The predicted octanol–water partition coefficient (Wildman–Crippen LogP) is 2.81. The molecule has 0 fully saturated rings. The highest BCUT2D eigenvalue weighted by Gasteiger charge is 2.29. The number of ether oxygens (including phenoxy) is 1. The van der Waals surface area contributed by atoms with Gasteiger partial charge in [-0.15, -0.1) is 5.73 Å². The van der Waals surface area contributed by atoms with Gasteiger partial charge in [-0.2, -0.15) is 0 Å². The third-order valence-electron chi connectivity index (χ3n) is 3.12. The minimum Gasteiger partial charge on any atom is -0.469 e. The first-order valence-electron chi connectivity index (χ1n) is 6.05. The van der Waals surface area contributed by atoms with E-state index in [1.54, 1.807) is 0 Å². The molecule has 0 saturated heterocycles. The van der Waals surface area contributed by atoms with E-state index in [2.05, 4.69) is 31.0 Å². The maximum atomic E-state index is 11.5. The molecule has 0 unspecified atom stereocenters. The summed E-state index contributed by atoms with van der Waals surface area (Å²) in [5.74, 6) is -0.198. The van der Waals surface area contributed by atoms with Crippen molar-refractivity contribution in [1.29, 1.82) is 0 Å². The maximum Gasteiger partial charge on any atom is 0.309 e. The van der Waals surface area contributed by atoms with Crippen LogP contribution in [-0.2, 0) is 9.53 Å². The van der Waals surface area contributed by atoms with Crippen molar-refractivity contribution in [2.24, 2.45) is 0 Å². The van der Waals surface area contributed by atoms with Crippen LogP contribution in [0.5, 0.6) is 0 Å². The summed E-state index contributed by atoms with van der Waals surface area (Å²) in [7, 11) is -0.412. The van der Waals surface area contributed by atoms with Crippen LogP contribution in [0, 0.1) is 0 Å². The lowest BCUT2D eigenvalue weighted by molar-refractivity contribution is -0.139. The lowest BCUT2D eigenvalue weighted by atomic mass is 10.4. The molecule has 1 aromatic carbocycles. The number of benzene rings is 1. The van der Waals surface area contributed by atoms with E-state index in [4.69, 9.17) is 4.74 Å². The molecular weight excluding hydrogens is 240 g/mol. The lowest BCUT2D eigenvalue weighted by Crippen LogP contribution is -2.44. The van der Waals surface area contributed by atoms with Crippen molar-refractivity contribution in [3.05, 3.63) is 47.3 Å². The maximum absolute atomic E-state index is 11.5. The van der Waals surface area contributed by atoms with Gasteiger partial charge in [-0.05, 0) is 18.2 Å². The zero-order valence-electron chi connectivity index (χ0n) is 11.5. The van der Waals surface area contributed by atoms with Crippen molar-refractivity contribution < 1.29 is 9.53 Å². The number of esters is 1. The standard InChI is InChI=1S/C15H20O2Si/c1-5-9-14(12-15(16)17-2)18(3,4)13-10-7-6-8-11-13/h5-8,10-11H,12H2,1-4H3. The summed E-state index contributed by atoms with van der Waals surface area (Å²) in [4.78, 5) is 11.5. The summed E-state index contributed by atoms with van der Waals surface area (Å²) in [6, 6.07) is 10.3. The van der Waals surface area contributed by atoms with Gasteiger partial charge in [-0.25, -0.2) is 0 Å².